The van der Waals surface area contributed by atoms with Crippen molar-refractivity contribution in [2.24, 2.45) is 23.2 Å². The van der Waals surface area contributed by atoms with E-state index in [0.29, 0.717) is 23.7 Å². The zero-order chi connectivity index (χ0) is 13.2. The van der Waals surface area contributed by atoms with E-state index < -0.39 is 0 Å². The van der Waals surface area contributed by atoms with Crippen LogP contribution >= 0.6 is 0 Å². The minimum Gasteiger partial charge on any atom is -0.393 e. The van der Waals surface area contributed by atoms with Gasteiger partial charge in [0.1, 0.15) is 6.29 Å². The first-order valence-corrected chi connectivity index (χ1v) is 7.71. The Morgan fingerprint density at radius 2 is 2.17 bits per heavy atom. The number of rotatable bonds is 5. The minimum atomic E-state index is -0.0593. The molecular weight excluding hydrogens is 224 g/mol. The predicted octanol–water partition coefficient (Wildman–Crippen LogP) is 3.57. The second-order valence-corrected chi connectivity index (χ2v) is 6.83. The normalized spacial score (nSPS) is 41.4. The summed E-state index contributed by atoms with van der Waals surface area (Å²) in [6.07, 6.45) is 9.86. The van der Waals surface area contributed by atoms with Gasteiger partial charge in [-0.25, -0.2) is 0 Å². The fourth-order valence-corrected chi connectivity index (χ4v) is 4.85. The molecule has 0 aromatic rings. The topological polar surface area (TPSA) is 37.3 Å². The van der Waals surface area contributed by atoms with Crippen LogP contribution in [0.1, 0.15) is 65.2 Å². The molecule has 0 amide bonds. The van der Waals surface area contributed by atoms with Gasteiger partial charge < -0.3 is 9.90 Å². The average molecular weight is 252 g/mol. The van der Waals surface area contributed by atoms with Crippen molar-refractivity contribution in [3.63, 3.8) is 0 Å². The van der Waals surface area contributed by atoms with Crippen molar-refractivity contribution in [2.75, 3.05) is 0 Å². The van der Waals surface area contributed by atoms with Gasteiger partial charge in [0.2, 0.25) is 0 Å². The van der Waals surface area contributed by atoms with E-state index in [1.165, 1.54) is 32.1 Å². The van der Waals surface area contributed by atoms with Crippen LogP contribution < -0.4 is 0 Å². The Labute approximate surface area is 111 Å². The van der Waals surface area contributed by atoms with Crippen LogP contribution in [0.4, 0.5) is 0 Å². The molecule has 0 aromatic carbocycles. The molecule has 2 aliphatic carbocycles. The number of aliphatic hydroxyl groups is 1. The van der Waals surface area contributed by atoms with E-state index in [9.17, 15) is 9.90 Å². The number of aldehydes is 1. The summed E-state index contributed by atoms with van der Waals surface area (Å²) < 4.78 is 0. The Hall–Kier alpha value is -0.370. The first-order valence-electron chi connectivity index (χ1n) is 7.71. The van der Waals surface area contributed by atoms with Gasteiger partial charge in [-0.2, -0.15) is 0 Å². The molecule has 1 N–H and O–H groups in total. The van der Waals surface area contributed by atoms with Crippen molar-refractivity contribution in [3.8, 4) is 0 Å². The molecule has 2 fully saturated rings. The van der Waals surface area contributed by atoms with E-state index in [2.05, 4.69) is 13.8 Å². The molecule has 0 bridgehead atoms. The summed E-state index contributed by atoms with van der Waals surface area (Å²) >= 11 is 0. The predicted molar refractivity (Wildman–Crippen MR) is 73.3 cm³/mol. The van der Waals surface area contributed by atoms with Crippen molar-refractivity contribution in [1.82, 2.24) is 0 Å². The van der Waals surface area contributed by atoms with Crippen LogP contribution in [-0.2, 0) is 4.79 Å². The summed E-state index contributed by atoms with van der Waals surface area (Å²) in [7, 11) is 0. The first kappa shape index (κ1) is 14.0. The minimum absolute atomic E-state index is 0.0593. The second kappa shape index (κ2) is 5.73. The second-order valence-electron chi connectivity index (χ2n) is 6.83. The van der Waals surface area contributed by atoms with Crippen molar-refractivity contribution >= 4 is 6.29 Å². The van der Waals surface area contributed by atoms with Gasteiger partial charge in [-0.1, -0.05) is 26.7 Å². The van der Waals surface area contributed by atoms with E-state index in [1.54, 1.807) is 0 Å². The summed E-state index contributed by atoms with van der Waals surface area (Å²) in [6, 6.07) is 0. The Kier molecular flexibility index (Phi) is 4.47. The monoisotopic (exact) mass is 252 g/mol. The molecular formula is C16H28O2. The van der Waals surface area contributed by atoms with Crippen molar-refractivity contribution in [2.45, 2.75) is 71.3 Å². The van der Waals surface area contributed by atoms with Crippen LogP contribution in [0.3, 0.4) is 0 Å². The van der Waals surface area contributed by atoms with Gasteiger partial charge in [0.05, 0.1) is 6.10 Å². The fourth-order valence-electron chi connectivity index (χ4n) is 4.85. The molecule has 2 rings (SSSR count). The maximum absolute atomic E-state index is 10.4. The number of unbranched alkanes of at least 4 members (excludes halogenated alkanes) is 1. The van der Waals surface area contributed by atoms with Gasteiger partial charge in [-0.3, -0.25) is 0 Å². The summed E-state index contributed by atoms with van der Waals surface area (Å²) in [5.74, 6) is 1.99. The van der Waals surface area contributed by atoms with Crippen LogP contribution in [0.25, 0.3) is 0 Å². The molecule has 104 valence electrons. The van der Waals surface area contributed by atoms with Crippen LogP contribution in [-0.4, -0.2) is 17.5 Å². The molecule has 5 atom stereocenters. The molecule has 0 saturated heterocycles. The molecule has 2 nitrogen and oxygen atoms in total. The lowest BCUT2D eigenvalue weighted by Gasteiger charge is -2.45. The number of hydrogen-bond donors (Lipinski definition) is 1. The molecule has 2 unspecified atom stereocenters. The van der Waals surface area contributed by atoms with Gasteiger partial charge in [-0.05, 0) is 55.3 Å². The van der Waals surface area contributed by atoms with Gasteiger partial charge in [0.25, 0.3) is 0 Å². The van der Waals surface area contributed by atoms with E-state index in [4.69, 9.17) is 0 Å². The Bertz CT molecular complexity index is 289. The third-order valence-electron chi connectivity index (χ3n) is 5.83. The molecule has 18 heavy (non-hydrogen) atoms. The maximum atomic E-state index is 10.4. The molecule has 2 heteroatoms. The molecule has 0 radical (unpaired) electrons. The molecule has 2 saturated carbocycles. The standard InChI is InChI=1S/C16H28O2/c1-12(6-3-4-11-17)13-8-9-14-15(18)7-5-10-16(13,14)2/h11-15,18H,3-10H2,1-2H3/t12-,13?,14+,15?,16-/m1/s1. The summed E-state index contributed by atoms with van der Waals surface area (Å²) in [4.78, 5) is 10.4. The largest absolute Gasteiger partial charge is 0.393 e. The van der Waals surface area contributed by atoms with Crippen LogP contribution in [0.5, 0.6) is 0 Å². The van der Waals surface area contributed by atoms with Gasteiger partial charge in [-0.15, -0.1) is 0 Å². The Morgan fingerprint density at radius 3 is 2.89 bits per heavy atom. The van der Waals surface area contributed by atoms with E-state index in [-0.39, 0.29) is 6.10 Å². The number of hydrogen-bond acceptors (Lipinski definition) is 2. The Morgan fingerprint density at radius 1 is 1.39 bits per heavy atom. The number of fused-ring (bicyclic) bond motifs is 1. The van der Waals surface area contributed by atoms with E-state index in [0.717, 1.165) is 25.0 Å². The summed E-state index contributed by atoms with van der Waals surface area (Å²) in [5, 5.41) is 10.2. The Balaban J connectivity index is 1.98. The lowest BCUT2D eigenvalue weighted by molar-refractivity contribution is -0.108. The highest BCUT2D eigenvalue weighted by Crippen LogP contribution is 2.58. The quantitative estimate of drug-likeness (QED) is 0.600. The van der Waals surface area contributed by atoms with Crippen molar-refractivity contribution < 1.29 is 9.90 Å². The zero-order valence-corrected chi connectivity index (χ0v) is 11.9. The third-order valence-corrected chi connectivity index (χ3v) is 5.83. The SMILES string of the molecule is C[C@H](CCCC=O)C1CC[C@H]2C(O)CCC[C@]12C. The highest BCUT2D eigenvalue weighted by molar-refractivity contribution is 5.48. The molecule has 0 aromatic heterocycles. The fraction of sp³-hybridized carbons (Fsp3) is 0.938. The lowest BCUT2D eigenvalue weighted by atomic mass is 9.61. The van der Waals surface area contributed by atoms with Gasteiger partial charge >= 0.3 is 0 Å². The third kappa shape index (κ3) is 2.49. The van der Waals surface area contributed by atoms with Crippen LogP contribution in [0.2, 0.25) is 0 Å². The molecule has 2 aliphatic rings. The molecule has 0 aliphatic heterocycles. The van der Waals surface area contributed by atoms with Crippen molar-refractivity contribution in [3.05, 3.63) is 0 Å². The summed E-state index contributed by atoms with van der Waals surface area (Å²) in [6.45, 7) is 4.76. The highest BCUT2D eigenvalue weighted by atomic mass is 16.3. The van der Waals surface area contributed by atoms with Gasteiger partial charge in [0.15, 0.2) is 0 Å². The van der Waals surface area contributed by atoms with Crippen molar-refractivity contribution in [1.29, 1.82) is 0 Å². The van der Waals surface area contributed by atoms with Crippen LogP contribution in [0.15, 0.2) is 0 Å². The van der Waals surface area contributed by atoms with E-state index >= 15 is 0 Å². The van der Waals surface area contributed by atoms with Gasteiger partial charge in [0, 0.05) is 6.42 Å². The lowest BCUT2D eigenvalue weighted by Crippen LogP contribution is -2.41. The highest BCUT2D eigenvalue weighted by Gasteiger charge is 2.51. The zero-order valence-electron chi connectivity index (χ0n) is 11.9. The van der Waals surface area contributed by atoms with E-state index in [1.807, 2.05) is 0 Å². The average Bonchev–Trinajstić information content (AvgIpc) is 2.68. The smallest absolute Gasteiger partial charge is 0.119 e. The molecule has 0 heterocycles. The number of carbonyl (C=O) groups excluding carboxylic acids is 1. The number of carbonyl (C=O) groups is 1. The summed E-state index contributed by atoms with van der Waals surface area (Å²) in [5.41, 5.74) is 0.359. The first-order chi connectivity index (χ1) is 8.59. The number of aliphatic hydroxyl groups excluding tert-OH is 1. The van der Waals surface area contributed by atoms with Crippen LogP contribution in [0, 0.1) is 23.2 Å². The molecule has 0 spiro atoms. The maximum Gasteiger partial charge on any atom is 0.119 e.